The summed E-state index contributed by atoms with van der Waals surface area (Å²) in [6.07, 6.45) is 0.792. The van der Waals surface area contributed by atoms with Crippen molar-refractivity contribution >= 4 is 17.2 Å². The van der Waals surface area contributed by atoms with E-state index in [1.54, 1.807) is 17.0 Å². The maximum Gasteiger partial charge on any atom is 0.257 e. The Balaban J connectivity index is 1.69. The maximum absolute atomic E-state index is 14.2. The molecule has 32 heavy (non-hydrogen) atoms. The van der Waals surface area contributed by atoms with Crippen molar-refractivity contribution in [3.8, 4) is 5.75 Å². The molecule has 0 saturated carbocycles. The maximum atomic E-state index is 14.2. The summed E-state index contributed by atoms with van der Waals surface area (Å²) in [5.41, 5.74) is 3.17. The monoisotopic (exact) mass is 455 g/mol. The number of carbonyl (C=O) groups excluding carboxylic acids is 1. The van der Waals surface area contributed by atoms with Gasteiger partial charge in [-0.15, -0.1) is 11.3 Å². The van der Waals surface area contributed by atoms with Gasteiger partial charge in [-0.05, 0) is 70.2 Å². The Morgan fingerprint density at radius 1 is 1.09 bits per heavy atom. The lowest BCUT2D eigenvalue weighted by Gasteiger charge is -2.23. The van der Waals surface area contributed by atoms with Crippen LogP contribution >= 0.6 is 11.3 Å². The van der Waals surface area contributed by atoms with E-state index in [1.165, 1.54) is 29.0 Å². The number of rotatable bonds is 10. The molecule has 2 aromatic carbocycles. The highest BCUT2D eigenvalue weighted by molar-refractivity contribution is 7.09. The van der Waals surface area contributed by atoms with Crippen molar-refractivity contribution in [1.29, 1.82) is 0 Å². The van der Waals surface area contributed by atoms with Gasteiger partial charge >= 0.3 is 0 Å². The van der Waals surface area contributed by atoms with E-state index >= 15 is 0 Å². The number of thiazole rings is 1. The van der Waals surface area contributed by atoms with Crippen LogP contribution < -0.4 is 4.74 Å². The van der Waals surface area contributed by atoms with E-state index in [9.17, 15) is 9.18 Å². The molecule has 0 spiro atoms. The molecule has 0 radical (unpaired) electrons. The predicted molar refractivity (Wildman–Crippen MR) is 127 cm³/mol. The molecule has 0 unspecified atom stereocenters. The van der Waals surface area contributed by atoms with Gasteiger partial charge in [0.15, 0.2) is 0 Å². The van der Waals surface area contributed by atoms with Crippen molar-refractivity contribution in [2.75, 3.05) is 27.2 Å². The number of amides is 1. The first-order valence-electron chi connectivity index (χ1n) is 10.7. The van der Waals surface area contributed by atoms with Gasteiger partial charge in [-0.2, -0.15) is 0 Å². The van der Waals surface area contributed by atoms with E-state index in [0.29, 0.717) is 19.7 Å². The van der Waals surface area contributed by atoms with E-state index in [0.717, 1.165) is 35.0 Å². The SMILES string of the molecule is Cc1cccc(OCc2nc(CN(CCCN(C)C)C(=O)c3ccccc3F)cs2)c1C. The molecule has 1 amide bonds. The summed E-state index contributed by atoms with van der Waals surface area (Å²) in [6.45, 7) is 6.17. The fourth-order valence-electron chi connectivity index (χ4n) is 3.34. The van der Waals surface area contributed by atoms with Crippen LogP contribution in [-0.4, -0.2) is 47.9 Å². The molecule has 0 atom stereocenters. The summed E-state index contributed by atoms with van der Waals surface area (Å²) >= 11 is 1.50. The highest BCUT2D eigenvalue weighted by Crippen LogP contribution is 2.23. The molecule has 0 aliphatic rings. The molecule has 7 heteroatoms. The fraction of sp³-hybridized carbons (Fsp3) is 0.360. The van der Waals surface area contributed by atoms with Gasteiger partial charge in [-0.25, -0.2) is 9.37 Å². The Kier molecular flexibility index (Phi) is 8.36. The number of aryl methyl sites for hydroxylation is 1. The third-order valence-corrected chi connectivity index (χ3v) is 6.15. The number of nitrogens with zero attached hydrogens (tertiary/aromatic N) is 3. The molecule has 0 saturated heterocycles. The van der Waals surface area contributed by atoms with E-state index < -0.39 is 5.82 Å². The lowest BCUT2D eigenvalue weighted by molar-refractivity contribution is 0.0731. The summed E-state index contributed by atoms with van der Waals surface area (Å²) < 4.78 is 20.2. The van der Waals surface area contributed by atoms with Gasteiger partial charge < -0.3 is 14.5 Å². The number of carbonyl (C=O) groups is 1. The summed E-state index contributed by atoms with van der Waals surface area (Å²) in [4.78, 5) is 21.5. The van der Waals surface area contributed by atoms with Gasteiger partial charge in [-0.1, -0.05) is 24.3 Å². The highest BCUT2D eigenvalue weighted by atomic mass is 32.1. The standard InChI is InChI=1S/C25H30FN3O2S/c1-18-9-7-12-23(19(18)2)31-16-24-27-20(17-32-24)15-29(14-8-13-28(3)4)25(30)21-10-5-6-11-22(21)26/h5-7,9-12,17H,8,13-16H2,1-4H3. The molecule has 3 rings (SSSR count). The quantitative estimate of drug-likeness (QED) is 0.428. The van der Waals surface area contributed by atoms with Crippen LogP contribution in [-0.2, 0) is 13.2 Å². The minimum atomic E-state index is -0.504. The molecule has 3 aromatic rings. The zero-order valence-corrected chi connectivity index (χ0v) is 19.9. The van der Waals surface area contributed by atoms with Gasteiger partial charge in [0, 0.05) is 11.9 Å². The van der Waals surface area contributed by atoms with Gasteiger partial charge in [0.2, 0.25) is 0 Å². The first-order chi connectivity index (χ1) is 15.3. The Labute approximate surface area is 193 Å². The Morgan fingerprint density at radius 2 is 1.88 bits per heavy atom. The van der Waals surface area contributed by atoms with Gasteiger partial charge in [0.1, 0.15) is 23.2 Å². The summed E-state index contributed by atoms with van der Waals surface area (Å²) in [5.74, 6) is 0.0286. The second kappa shape index (κ2) is 11.2. The highest BCUT2D eigenvalue weighted by Gasteiger charge is 2.20. The van der Waals surface area contributed by atoms with Gasteiger partial charge in [0.25, 0.3) is 5.91 Å². The van der Waals surface area contributed by atoms with Crippen LogP contribution in [0.2, 0.25) is 0 Å². The van der Waals surface area contributed by atoms with Gasteiger partial charge in [0.05, 0.1) is 17.8 Å². The molecule has 5 nitrogen and oxygen atoms in total. The number of hydrogen-bond acceptors (Lipinski definition) is 5. The third-order valence-electron chi connectivity index (χ3n) is 5.28. The predicted octanol–water partition coefficient (Wildman–Crippen LogP) is 5.07. The molecule has 0 fully saturated rings. The summed E-state index contributed by atoms with van der Waals surface area (Å²) in [7, 11) is 3.98. The van der Waals surface area contributed by atoms with Crippen LogP contribution in [0.5, 0.6) is 5.75 Å². The van der Waals surface area contributed by atoms with E-state index in [4.69, 9.17) is 4.74 Å². The molecule has 170 valence electrons. The molecule has 0 aliphatic heterocycles. The molecular weight excluding hydrogens is 425 g/mol. The fourth-order valence-corrected chi connectivity index (χ4v) is 4.03. The van der Waals surface area contributed by atoms with Crippen LogP contribution in [0.3, 0.4) is 0 Å². The van der Waals surface area contributed by atoms with E-state index in [2.05, 4.69) is 22.9 Å². The van der Waals surface area contributed by atoms with Crippen molar-refractivity contribution < 1.29 is 13.9 Å². The number of benzene rings is 2. The Hall–Kier alpha value is -2.77. The Morgan fingerprint density at radius 3 is 2.62 bits per heavy atom. The third kappa shape index (κ3) is 6.37. The van der Waals surface area contributed by atoms with Gasteiger partial charge in [-0.3, -0.25) is 4.79 Å². The smallest absolute Gasteiger partial charge is 0.257 e. The molecule has 0 aliphatic carbocycles. The van der Waals surface area contributed by atoms with E-state index in [-0.39, 0.29) is 11.5 Å². The van der Waals surface area contributed by atoms with Crippen molar-refractivity contribution in [1.82, 2.24) is 14.8 Å². The topological polar surface area (TPSA) is 45.7 Å². The van der Waals surface area contributed by atoms with Crippen LogP contribution in [0.25, 0.3) is 0 Å². The minimum Gasteiger partial charge on any atom is -0.486 e. The lowest BCUT2D eigenvalue weighted by atomic mass is 10.1. The summed E-state index contributed by atoms with van der Waals surface area (Å²) in [6, 6.07) is 12.1. The average molecular weight is 456 g/mol. The van der Waals surface area contributed by atoms with Crippen molar-refractivity contribution in [2.45, 2.75) is 33.4 Å². The normalized spacial score (nSPS) is 11.1. The molecule has 1 heterocycles. The first kappa shape index (κ1) is 23.9. The molecule has 0 N–H and O–H groups in total. The van der Waals surface area contributed by atoms with Crippen molar-refractivity contribution in [3.05, 3.63) is 81.1 Å². The minimum absolute atomic E-state index is 0.0889. The zero-order valence-electron chi connectivity index (χ0n) is 19.1. The molecule has 1 aromatic heterocycles. The van der Waals surface area contributed by atoms with E-state index in [1.807, 2.05) is 38.5 Å². The lowest BCUT2D eigenvalue weighted by Crippen LogP contribution is -2.33. The average Bonchev–Trinajstić information content (AvgIpc) is 3.21. The second-order valence-corrected chi connectivity index (χ2v) is 9.03. The van der Waals surface area contributed by atoms with Crippen LogP contribution in [0.15, 0.2) is 47.8 Å². The van der Waals surface area contributed by atoms with Crippen LogP contribution in [0.4, 0.5) is 4.39 Å². The molecule has 0 bridgehead atoms. The number of hydrogen-bond donors (Lipinski definition) is 0. The first-order valence-corrected chi connectivity index (χ1v) is 11.5. The van der Waals surface area contributed by atoms with Crippen molar-refractivity contribution in [3.63, 3.8) is 0 Å². The molecular formula is C25H30FN3O2S. The summed E-state index contributed by atoms with van der Waals surface area (Å²) in [5, 5.41) is 2.78. The number of ether oxygens (including phenoxy) is 1. The zero-order chi connectivity index (χ0) is 23.1. The Bertz CT molecular complexity index is 1050. The second-order valence-electron chi connectivity index (χ2n) is 8.08. The van der Waals surface area contributed by atoms with Crippen LogP contribution in [0.1, 0.15) is 38.6 Å². The number of halogens is 1. The van der Waals surface area contributed by atoms with Crippen molar-refractivity contribution in [2.24, 2.45) is 0 Å². The van der Waals surface area contributed by atoms with Crippen LogP contribution in [0, 0.1) is 19.7 Å². The number of aromatic nitrogens is 1. The largest absolute Gasteiger partial charge is 0.486 e.